The van der Waals surface area contributed by atoms with Crippen LogP contribution in [0.25, 0.3) is 0 Å². The van der Waals surface area contributed by atoms with Crippen LogP contribution in [0, 0.1) is 10.1 Å². The zero-order valence-corrected chi connectivity index (χ0v) is 13.4. The number of amides is 1. The third-order valence-electron chi connectivity index (χ3n) is 4.20. The Balaban J connectivity index is 1.98. The highest BCUT2D eigenvalue weighted by atomic mass is 16.6. The molecule has 24 heavy (non-hydrogen) atoms. The lowest BCUT2D eigenvalue weighted by Gasteiger charge is -2.23. The SMILES string of the molecule is COc1ccc2c(c1)CCCCN2C(=O)c1cccc([N+](=O)[O-])c1. The van der Waals surface area contributed by atoms with Crippen molar-refractivity contribution in [3.05, 3.63) is 63.7 Å². The van der Waals surface area contributed by atoms with E-state index < -0.39 is 4.92 Å². The first-order chi connectivity index (χ1) is 11.6. The van der Waals surface area contributed by atoms with E-state index in [1.54, 1.807) is 18.1 Å². The number of ether oxygens (including phenoxy) is 1. The van der Waals surface area contributed by atoms with Crippen LogP contribution in [0.15, 0.2) is 42.5 Å². The van der Waals surface area contributed by atoms with Gasteiger partial charge in [0.25, 0.3) is 11.6 Å². The van der Waals surface area contributed by atoms with Crippen LogP contribution < -0.4 is 9.64 Å². The van der Waals surface area contributed by atoms with Crippen molar-refractivity contribution in [1.82, 2.24) is 0 Å². The van der Waals surface area contributed by atoms with Crippen LogP contribution in [0.1, 0.15) is 28.8 Å². The summed E-state index contributed by atoms with van der Waals surface area (Å²) in [4.78, 5) is 25.1. The van der Waals surface area contributed by atoms with Crippen LogP contribution in [0.3, 0.4) is 0 Å². The molecule has 1 heterocycles. The molecule has 0 aliphatic carbocycles. The first-order valence-electron chi connectivity index (χ1n) is 7.83. The van der Waals surface area contributed by atoms with E-state index in [0.29, 0.717) is 12.1 Å². The van der Waals surface area contributed by atoms with Gasteiger partial charge >= 0.3 is 0 Å². The number of aryl methyl sites for hydroxylation is 1. The van der Waals surface area contributed by atoms with Crippen LogP contribution in [-0.2, 0) is 6.42 Å². The van der Waals surface area contributed by atoms with Gasteiger partial charge in [0.1, 0.15) is 5.75 Å². The third kappa shape index (κ3) is 3.08. The fraction of sp³-hybridized carbons (Fsp3) is 0.278. The highest BCUT2D eigenvalue weighted by Crippen LogP contribution is 2.31. The molecule has 0 unspecified atom stereocenters. The molecule has 0 aromatic heterocycles. The van der Waals surface area contributed by atoms with Crippen LogP contribution in [0.5, 0.6) is 5.75 Å². The number of carbonyl (C=O) groups excluding carboxylic acids is 1. The smallest absolute Gasteiger partial charge is 0.270 e. The lowest BCUT2D eigenvalue weighted by Crippen LogP contribution is -2.31. The highest BCUT2D eigenvalue weighted by Gasteiger charge is 2.23. The van der Waals surface area contributed by atoms with Gasteiger partial charge in [-0.3, -0.25) is 14.9 Å². The summed E-state index contributed by atoms with van der Waals surface area (Å²) in [7, 11) is 1.62. The summed E-state index contributed by atoms with van der Waals surface area (Å²) >= 11 is 0. The second-order valence-electron chi connectivity index (χ2n) is 5.72. The number of carbonyl (C=O) groups is 1. The number of hydrogen-bond acceptors (Lipinski definition) is 4. The Hall–Kier alpha value is -2.89. The average molecular weight is 326 g/mol. The van der Waals surface area contributed by atoms with Crippen molar-refractivity contribution >= 4 is 17.3 Å². The van der Waals surface area contributed by atoms with Gasteiger partial charge in [-0.2, -0.15) is 0 Å². The molecule has 1 amide bonds. The Morgan fingerprint density at radius 2 is 2.04 bits per heavy atom. The summed E-state index contributed by atoms with van der Waals surface area (Å²) in [5.41, 5.74) is 2.16. The second kappa shape index (κ2) is 6.70. The Bertz CT molecular complexity index is 788. The maximum Gasteiger partial charge on any atom is 0.270 e. The molecule has 124 valence electrons. The number of non-ortho nitro benzene ring substituents is 1. The van der Waals surface area contributed by atoms with Gasteiger partial charge in [0.2, 0.25) is 0 Å². The standard InChI is InChI=1S/C18H18N2O4/c1-24-16-8-9-17-13(12-16)5-2-3-10-19(17)18(21)14-6-4-7-15(11-14)20(22)23/h4,6-9,11-12H,2-3,5,10H2,1H3. The molecule has 2 aromatic carbocycles. The number of rotatable bonds is 3. The molecule has 0 atom stereocenters. The predicted octanol–water partition coefficient (Wildman–Crippen LogP) is 3.59. The number of nitro benzene ring substituents is 1. The minimum atomic E-state index is -0.488. The first kappa shape index (κ1) is 16.0. The van der Waals surface area contributed by atoms with Crippen LogP contribution in [0.2, 0.25) is 0 Å². The summed E-state index contributed by atoms with van der Waals surface area (Å²) in [5.74, 6) is 0.547. The van der Waals surface area contributed by atoms with Crippen molar-refractivity contribution in [3.8, 4) is 5.75 Å². The molecule has 0 saturated heterocycles. The molecule has 3 rings (SSSR count). The quantitative estimate of drug-likeness (QED) is 0.638. The van der Waals surface area contributed by atoms with Crippen molar-refractivity contribution in [2.45, 2.75) is 19.3 Å². The summed E-state index contributed by atoms with van der Waals surface area (Å²) in [5, 5.41) is 10.9. The molecule has 0 N–H and O–H groups in total. The summed E-state index contributed by atoms with van der Waals surface area (Å²) in [6.45, 7) is 0.598. The van der Waals surface area contributed by atoms with Crippen LogP contribution in [-0.4, -0.2) is 24.5 Å². The minimum Gasteiger partial charge on any atom is -0.497 e. The molecule has 0 spiro atoms. The lowest BCUT2D eigenvalue weighted by atomic mass is 10.1. The van der Waals surface area contributed by atoms with E-state index in [0.717, 1.165) is 36.3 Å². The summed E-state index contributed by atoms with van der Waals surface area (Å²) in [6, 6.07) is 11.5. The largest absolute Gasteiger partial charge is 0.497 e. The average Bonchev–Trinajstić information content (AvgIpc) is 2.82. The molecule has 6 nitrogen and oxygen atoms in total. The molecule has 1 aliphatic heterocycles. The second-order valence-corrected chi connectivity index (χ2v) is 5.72. The Kier molecular flexibility index (Phi) is 4.46. The summed E-state index contributed by atoms with van der Waals surface area (Å²) < 4.78 is 5.27. The molecule has 0 fully saturated rings. The van der Waals surface area contributed by atoms with Crippen molar-refractivity contribution in [2.75, 3.05) is 18.6 Å². The predicted molar refractivity (Wildman–Crippen MR) is 90.7 cm³/mol. The Morgan fingerprint density at radius 3 is 2.79 bits per heavy atom. The molecule has 0 radical (unpaired) electrons. The number of nitrogens with zero attached hydrogens (tertiary/aromatic N) is 2. The van der Waals surface area contributed by atoms with E-state index in [1.165, 1.54) is 18.2 Å². The number of nitro groups is 1. The van der Waals surface area contributed by atoms with E-state index in [1.807, 2.05) is 18.2 Å². The number of anilines is 1. The molecular formula is C18H18N2O4. The fourth-order valence-corrected chi connectivity index (χ4v) is 2.98. The highest BCUT2D eigenvalue weighted by molar-refractivity contribution is 6.07. The van der Waals surface area contributed by atoms with E-state index >= 15 is 0 Å². The van der Waals surface area contributed by atoms with Gasteiger partial charge < -0.3 is 9.64 Å². The Morgan fingerprint density at radius 1 is 1.21 bits per heavy atom. The monoisotopic (exact) mass is 326 g/mol. The maximum atomic E-state index is 12.9. The third-order valence-corrected chi connectivity index (χ3v) is 4.20. The van der Waals surface area contributed by atoms with Gasteiger partial charge in [-0.25, -0.2) is 0 Å². The molecule has 6 heteroatoms. The number of methoxy groups -OCH3 is 1. The van der Waals surface area contributed by atoms with Crippen molar-refractivity contribution in [2.24, 2.45) is 0 Å². The lowest BCUT2D eigenvalue weighted by molar-refractivity contribution is -0.384. The van der Waals surface area contributed by atoms with Crippen molar-refractivity contribution in [3.63, 3.8) is 0 Å². The van der Waals surface area contributed by atoms with E-state index in [-0.39, 0.29) is 11.6 Å². The van der Waals surface area contributed by atoms with E-state index in [2.05, 4.69) is 0 Å². The maximum absolute atomic E-state index is 12.9. The summed E-state index contributed by atoms with van der Waals surface area (Å²) in [6.07, 6.45) is 2.75. The van der Waals surface area contributed by atoms with Gasteiger partial charge in [0.15, 0.2) is 0 Å². The molecular weight excluding hydrogens is 308 g/mol. The zero-order valence-electron chi connectivity index (χ0n) is 13.4. The topological polar surface area (TPSA) is 72.7 Å². The van der Waals surface area contributed by atoms with Gasteiger partial charge in [0.05, 0.1) is 12.0 Å². The van der Waals surface area contributed by atoms with Gasteiger partial charge in [0, 0.05) is 29.9 Å². The number of benzene rings is 2. The Labute approximate surface area is 139 Å². The fourth-order valence-electron chi connectivity index (χ4n) is 2.98. The molecule has 2 aromatic rings. The molecule has 1 aliphatic rings. The van der Waals surface area contributed by atoms with Gasteiger partial charge in [-0.05, 0) is 49.1 Å². The van der Waals surface area contributed by atoms with Crippen molar-refractivity contribution in [1.29, 1.82) is 0 Å². The number of fused-ring (bicyclic) bond motifs is 1. The molecule has 0 bridgehead atoms. The molecule has 0 saturated carbocycles. The zero-order chi connectivity index (χ0) is 17.1. The van der Waals surface area contributed by atoms with E-state index in [4.69, 9.17) is 4.74 Å². The van der Waals surface area contributed by atoms with Crippen LogP contribution >= 0.6 is 0 Å². The minimum absolute atomic E-state index is 0.0781. The van der Waals surface area contributed by atoms with Crippen LogP contribution in [0.4, 0.5) is 11.4 Å². The van der Waals surface area contributed by atoms with Gasteiger partial charge in [-0.1, -0.05) is 6.07 Å². The van der Waals surface area contributed by atoms with E-state index in [9.17, 15) is 14.9 Å². The first-order valence-corrected chi connectivity index (χ1v) is 7.83. The van der Waals surface area contributed by atoms with Crippen molar-refractivity contribution < 1.29 is 14.5 Å². The normalized spacial score (nSPS) is 13.8. The van der Waals surface area contributed by atoms with Gasteiger partial charge in [-0.15, -0.1) is 0 Å². The number of hydrogen-bond donors (Lipinski definition) is 0.